The standard InChI is InChI=1S/C18H27NO3/c1-14(2)21-12-6-11-19-18(20)10-9-16-7-5-8-17(13-16)22-15(3)4/h5,7-10,13-15H,6,11-12H2,1-4H3,(H,19,20)/b10-9+. The summed E-state index contributed by atoms with van der Waals surface area (Å²) in [5.41, 5.74) is 0.941. The lowest BCUT2D eigenvalue weighted by Gasteiger charge is -2.09. The Balaban J connectivity index is 2.36. The van der Waals surface area contributed by atoms with Crippen molar-refractivity contribution >= 4 is 12.0 Å². The molecule has 22 heavy (non-hydrogen) atoms. The van der Waals surface area contributed by atoms with E-state index >= 15 is 0 Å². The first-order valence-electron chi connectivity index (χ1n) is 7.81. The van der Waals surface area contributed by atoms with Gasteiger partial charge in [0.25, 0.3) is 0 Å². The largest absolute Gasteiger partial charge is 0.491 e. The summed E-state index contributed by atoms with van der Waals surface area (Å²) < 4.78 is 11.0. The fourth-order valence-electron chi connectivity index (χ4n) is 1.80. The maximum Gasteiger partial charge on any atom is 0.244 e. The molecular formula is C18H27NO3. The van der Waals surface area contributed by atoms with E-state index in [-0.39, 0.29) is 18.1 Å². The van der Waals surface area contributed by atoms with Crippen LogP contribution in [0, 0.1) is 0 Å². The minimum atomic E-state index is -0.0975. The summed E-state index contributed by atoms with van der Waals surface area (Å²) in [6.45, 7) is 9.25. The Kier molecular flexibility index (Phi) is 8.30. The Morgan fingerprint density at radius 3 is 2.68 bits per heavy atom. The number of ether oxygens (including phenoxy) is 2. The van der Waals surface area contributed by atoms with Gasteiger partial charge in [-0.15, -0.1) is 0 Å². The van der Waals surface area contributed by atoms with Crippen LogP contribution in [-0.4, -0.2) is 31.3 Å². The number of carbonyl (C=O) groups excluding carboxylic acids is 1. The Labute approximate surface area is 133 Å². The van der Waals surface area contributed by atoms with Gasteiger partial charge in [0.05, 0.1) is 12.2 Å². The summed E-state index contributed by atoms with van der Waals surface area (Å²) in [5.74, 6) is 0.711. The zero-order valence-corrected chi connectivity index (χ0v) is 14.0. The zero-order chi connectivity index (χ0) is 16.4. The van der Waals surface area contributed by atoms with Gasteiger partial charge in [0.1, 0.15) is 5.75 Å². The van der Waals surface area contributed by atoms with Gasteiger partial charge in [-0.1, -0.05) is 12.1 Å². The summed E-state index contributed by atoms with van der Waals surface area (Å²) >= 11 is 0. The molecule has 0 aromatic heterocycles. The molecule has 1 rings (SSSR count). The summed E-state index contributed by atoms with van der Waals surface area (Å²) in [6.07, 6.45) is 4.51. The highest BCUT2D eigenvalue weighted by Crippen LogP contribution is 2.15. The Bertz CT molecular complexity index is 481. The molecule has 0 saturated carbocycles. The fourth-order valence-corrected chi connectivity index (χ4v) is 1.80. The van der Waals surface area contributed by atoms with Gasteiger partial charge in [0.2, 0.25) is 5.91 Å². The Hall–Kier alpha value is -1.81. The minimum Gasteiger partial charge on any atom is -0.491 e. The maximum absolute atomic E-state index is 11.7. The van der Waals surface area contributed by atoms with Crippen molar-refractivity contribution in [3.63, 3.8) is 0 Å². The van der Waals surface area contributed by atoms with Crippen LogP contribution in [0.5, 0.6) is 5.75 Å². The molecule has 0 saturated heterocycles. The molecule has 0 atom stereocenters. The van der Waals surface area contributed by atoms with Crippen molar-refractivity contribution in [1.29, 1.82) is 0 Å². The molecule has 1 N–H and O–H groups in total. The molecule has 4 heteroatoms. The van der Waals surface area contributed by atoms with Crippen LogP contribution >= 0.6 is 0 Å². The average Bonchev–Trinajstić information content (AvgIpc) is 2.44. The van der Waals surface area contributed by atoms with Gasteiger partial charge in [-0.05, 0) is 57.9 Å². The quantitative estimate of drug-likeness (QED) is 0.562. The van der Waals surface area contributed by atoms with Crippen molar-refractivity contribution in [2.75, 3.05) is 13.2 Å². The van der Waals surface area contributed by atoms with Gasteiger partial charge < -0.3 is 14.8 Å². The van der Waals surface area contributed by atoms with Crippen molar-refractivity contribution in [1.82, 2.24) is 5.32 Å². The van der Waals surface area contributed by atoms with Crippen LogP contribution in [0.2, 0.25) is 0 Å². The monoisotopic (exact) mass is 305 g/mol. The summed E-state index contributed by atoms with van der Waals surface area (Å²) in [6, 6.07) is 7.68. The topological polar surface area (TPSA) is 47.6 Å². The van der Waals surface area contributed by atoms with E-state index in [9.17, 15) is 4.79 Å². The lowest BCUT2D eigenvalue weighted by Crippen LogP contribution is -2.23. The lowest BCUT2D eigenvalue weighted by molar-refractivity contribution is -0.116. The zero-order valence-electron chi connectivity index (χ0n) is 14.0. The second-order valence-electron chi connectivity index (χ2n) is 5.64. The molecule has 1 amide bonds. The Morgan fingerprint density at radius 1 is 1.23 bits per heavy atom. The summed E-state index contributed by atoms with van der Waals surface area (Å²) in [7, 11) is 0. The predicted molar refractivity (Wildman–Crippen MR) is 90.0 cm³/mol. The molecule has 0 spiro atoms. The highest BCUT2D eigenvalue weighted by molar-refractivity contribution is 5.91. The number of hydrogen-bond donors (Lipinski definition) is 1. The number of nitrogens with one attached hydrogen (secondary N) is 1. The molecule has 1 aromatic carbocycles. The SMILES string of the molecule is CC(C)OCCCNC(=O)/C=C/c1cccc(OC(C)C)c1. The normalized spacial score (nSPS) is 11.4. The van der Waals surface area contributed by atoms with E-state index in [4.69, 9.17) is 9.47 Å². The number of benzene rings is 1. The van der Waals surface area contributed by atoms with E-state index in [0.29, 0.717) is 13.2 Å². The van der Waals surface area contributed by atoms with Gasteiger partial charge in [0.15, 0.2) is 0 Å². The van der Waals surface area contributed by atoms with E-state index in [1.165, 1.54) is 6.08 Å². The van der Waals surface area contributed by atoms with Crippen LogP contribution in [-0.2, 0) is 9.53 Å². The van der Waals surface area contributed by atoms with Crippen molar-refractivity contribution in [2.45, 2.75) is 46.3 Å². The van der Waals surface area contributed by atoms with E-state index in [1.54, 1.807) is 6.08 Å². The average molecular weight is 305 g/mol. The third-order valence-electron chi connectivity index (χ3n) is 2.73. The van der Waals surface area contributed by atoms with Gasteiger partial charge in [-0.3, -0.25) is 4.79 Å². The number of hydrogen-bond acceptors (Lipinski definition) is 3. The predicted octanol–water partition coefficient (Wildman–Crippen LogP) is 3.42. The smallest absolute Gasteiger partial charge is 0.244 e. The van der Waals surface area contributed by atoms with Gasteiger partial charge in [-0.2, -0.15) is 0 Å². The number of carbonyl (C=O) groups is 1. The molecule has 0 radical (unpaired) electrons. The van der Waals surface area contributed by atoms with Gasteiger partial charge >= 0.3 is 0 Å². The van der Waals surface area contributed by atoms with E-state index in [1.807, 2.05) is 52.0 Å². The van der Waals surface area contributed by atoms with Crippen LogP contribution in [0.1, 0.15) is 39.7 Å². The van der Waals surface area contributed by atoms with Crippen molar-refractivity contribution in [3.05, 3.63) is 35.9 Å². The highest BCUT2D eigenvalue weighted by Gasteiger charge is 1.99. The minimum absolute atomic E-state index is 0.0975. The lowest BCUT2D eigenvalue weighted by atomic mass is 10.2. The molecule has 0 aliphatic carbocycles. The fraction of sp³-hybridized carbons (Fsp3) is 0.500. The van der Waals surface area contributed by atoms with E-state index < -0.39 is 0 Å². The highest BCUT2D eigenvalue weighted by atomic mass is 16.5. The third kappa shape index (κ3) is 8.47. The molecule has 4 nitrogen and oxygen atoms in total. The molecule has 0 bridgehead atoms. The van der Waals surface area contributed by atoms with Crippen LogP contribution in [0.3, 0.4) is 0 Å². The maximum atomic E-state index is 11.7. The first-order valence-corrected chi connectivity index (χ1v) is 7.81. The van der Waals surface area contributed by atoms with Crippen LogP contribution in [0.4, 0.5) is 0 Å². The summed E-state index contributed by atoms with van der Waals surface area (Å²) in [5, 5.41) is 2.84. The van der Waals surface area contributed by atoms with Gasteiger partial charge in [-0.25, -0.2) is 0 Å². The number of amides is 1. The van der Waals surface area contributed by atoms with Gasteiger partial charge in [0, 0.05) is 19.2 Å². The van der Waals surface area contributed by atoms with Crippen molar-refractivity contribution in [3.8, 4) is 5.75 Å². The molecule has 0 aliphatic heterocycles. The molecule has 1 aromatic rings. The first kappa shape index (κ1) is 18.2. The second kappa shape index (κ2) is 10.0. The second-order valence-corrected chi connectivity index (χ2v) is 5.64. The third-order valence-corrected chi connectivity index (χ3v) is 2.73. The molecule has 0 unspecified atom stereocenters. The molecule has 0 heterocycles. The molecule has 122 valence electrons. The summed E-state index contributed by atoms with van der Waals surface area (Å²) in [4.78, 5) is 11.7. The van der Waals surface area contributed by atoms with E-state index in [0.717, 1.165) is 17.7 Å². The van der Waals surface area contributed by atoms with Crippen LogP contribution in [0.15, 0.2) is 30.3 Å². The first-order chi connectivity index (χ1) is 10.5. The van der Waals surface area contributed by atoms with Crippen LogP contribution < -0.4 is 10.1 Å². The Morgan fingerprint density at radius 2 is 2.00 bits per heavy atom. The molecular weight excluding hydrogens is 278 g/mol. The van der Waals surface area contributed by atoms with Crippen molar-refractivity contribution < 1.29 is 14.3 Å². The van der Waals surface area contributed by atoms with Crippen molar-refractivity contribution in [2.24, 2.45) is 0 Å². The van der Waals surface area contributed by atoms with Crippen LogP contribution in [0.25, 0.3) is 6.08 Å². The number of rotatable bonds is 9. The van der Waals surface area contributed by atoms with E-state index in [2.05, 4.69) is 5.32 Å². The molecule has 0 aliphatic rings. The molecule has 0 fully saturated rings.